The molecule has 0 saturated carbocycles. The van der Waals surface area contributed by atoms with Crippen LogP contribution in [-0.2, 0) is 4.79 Å². The second kappa shape index (κ2) is 9.74. The summed E-state index contributed by atoms with van der Waals surface area (Å²) in [4.78, 5) is 30.4. The number of halogens is 1. The Morgan fingerprint density at radius 3 is 2.58 bits per heavy atom. The van der Waals surface area contributed by atoms with Crippen LogP contribution in [0.1, 0.15) is 0 Å². The van der Waals surface area contributed by atoms with Gasteiger partial charge in [-0.15, -0.1) is 0 Å². The van der Waals surface area contributed by atoms with Crippen LogP contribution in [0.2, 0.25) is 0 Å². The lowest BCUT2D eigenvalue weighted by atomic mass is 10.2. The Kier molecular flexibility index (Phi) is 6.60. The number of amides is 1. The second-order valence-corrected chi connectivity index (χ2v) is 7.85. The molecule has 0 saturated heterocycles. The fourth-order valence-electron chi connectivity index (χ4n) is 3.28. The molecule has 7 nitrogen and oxygen atoms in total. The van der Waals surface area contributed by atoms with E-state index in [0.717, 1.165) is 11.8 Å². The van der Waals surface area contributed by atoms with Gasteiger partial charge >= 0.3 is 0 Å². The minimum absolute atomic E-state index is 0.0677. The van der Waals surface area contributed by atoms with Gasteiger partial charge in [0.15, 0.2) is 5.16 Å². The van der Waals surface area contributed by atoms with Crippen molar-refractivity contribution in [3.05, 3.63) is 82.9 Å². The molecule has 0 aliphatic rings. The predicted molar refractivity (Wildman–Crippen MR) is 126 cm³/mol. The summed E-state index contributed by atoms with van der Waals surface area (Å²) in [5.41, 5.74) is 0.564. The van der Waals surface area contributed by atoms with Gasteiger partial charge in [0.2, 0.25) is 5.91 Å². The number of para-hydroxylation sites is 2. The van der Waals surface area contributed by atoms with E-state index in [9.17, 15) is 14.0 Å². The van der Waals surface area contributed by atoms with Crippen molar-refractivity contribution in [2.45, 2.75) is 5.16 Å². The molecule has 0 aliphatic carbocycles. The number of hydrogen-bond acceptors (Lipinski definition) is 6. The summed E-state index contributed by atoms with van der Waals surface area (Å²) in [7, 11) is 3.02. The van der Waals surface area contributed by atoms with Crippen LogP contribution < -0.4 is 20.3 Å². The molecule has 0 radical (unpaired) electrons. The molecule has 1 aromatic heterocycles. The minimum atomic E-state index is -0.566. The lowest BCUT2D eigenvalue weighted by Crippen LogP contribution is -2.23. The SMILES string of the molecule is COc1ccc(OC)c(NC(=O)CSc2nc3ccccc3c(=O)n2-c2ccccc2F)c1. The number of methoxy groups -OCH3 is 2. The third-order valence-corrected chi connectivity index (χ3v) is 5.79. The van der Waals surface area contributed by atoms with Crippen LogP contribution in [-0.4, -0.2) is 35.4 Å². The summed E-state index contributed by atoms with van der Waals surface area (Å²) in [5, 5.41) is 3.34. The molecule has 1 heterocycles. The largest absolute Gasteiger partial charge is 0.497 e. The average Bonchev–Trinajstić information content (AvgIpc) is 2.83. The highest BCUT2D eigenvalue weighted by atomic mass is 32.2. The molecule has 3 aromatic carbocycles. The van der Waals surface area contributed by atoms with Gasteiger partial charge in [-0.25, -0.2) is 9.37 Å². The molecule has 0 spiro atoms. The number of nitrogens with one attached hydrogen (secondary N) is 1. The molecule has 0 unspecified atom stereocenters. The maximum Gasteiger partial charge on any atom is 0.266 e. The van der Waals surface area contributed by atoms with E-state index in [-0.39, 0.29) is 22.5 Å². The Balaban J connectivity index is 1.67. The fraction of sp³-hybridized carbons (Fsp3) is 0.125. The van der Waals surface area contributed by atoms with E-state index in [4.69, 9.17) is 9.47 Å². The average molecular weight is 466 g/mol. The lowest BCUT2D eigenvalue weighted by molar-refractivity contribution is -0.113. The van der Waals surface area contributed by atoms with E-state index in [0.29, 0.717) is 28.1 Å². The Hall–Kier alpha value is -3.85. The summed E-state index contributed by atoms with van der Waals surface area (Å²) in [5.74, 6) is 0.0438. The van der Waals surface area contributed by atoms with E-state index < -0.39 is 11.4 Å². The zero-order valence-corrected chi connectivity index (χ0v) is 18.7. The maximum absolute atomic E-state index is 14.6. The first kappa shape index (κ1) is 22.3. The summed E-state index contributed by atoms with van der Waals surface area (Å²) in [6.07, 6.45) is 0. The topological polar surface area (TPSA) is 82.5 Å². The molecule has 0 atom stereocenters. The highest BCUT2D eigenvalue weighted by Gasteiger charge is 2.17. The first-order chi connectivity index (χ1) is 16.0. The molecule has 9 heteroatoms. The third kappa shape index (κ3) is 4.68. The van der Waals surface area contributed by atoms with Crippen LogP contribution in [0.15, 0.2) is 76.7 Å². The number of rotatable bonds is 7. The van der Waals surface area contributed by atoms with Crippen molar-refractivity contribution < 1.29 is 18.7 Å². The normalized spacial score (nSPS) is 10.8. The summed E-state index contributed by atoms with van der Waals surface area (Å²) in [6, 6.07) is 17.8. The van der Waals surface area contributed by atoms with Crippen molar-refractivity contribution in [1.29, 1.82) is 0 Å². The van der Waals surface area contributed by atoms with Gasteiger partial charge in [0.05, 0.1) is 42.3 Å². The molecule has 1 amide bonds. The summed E-state index contributed by atoms with van der Waals surface area (Å²) < 4.78 is 26.3. The highest BCUT2D eigenvalue weighted by Crippen LogP contribution is 2.29. The number of nitrogens with zero attached hydrogens (tertiary/aromatic N) is 2. The van der Waals surface area contributed by atoms with Gasteiger partial charge in [-0.05, 0) is 36.4 Å². The first-order valence-electron chi connectivity index (χ1n) is 9.93. The monoisotopic (exact) mass is 465 g/mol. The number of fused-ring (bicyclic) bond motifs is 1. The van der Waals surface area contributed by atoms with Crippen LogP contribution in [0.25, 0.3) is 16.6 Å². The highest BCUT2D eigenvalue weighted by molar-refractivity contribution is 7.99. The summed E-state index contributed by atoms with van der Waals surface area (Å²) in [6.45, 7) is 0. The number of carbonyl (C=O) groups excluding carboxylic acids is 1. The standard InChI is InChI=1S/C24H20FN3O4S/c1-31-15-11-12-21(32-2)19(13-15)26-22(29)14-33-24-27-18-9-5-3-7-16(18)23(30)28(24)20-10-6-4-8-17(20)25/h3-13H,14H2,1-2H3,(H,26,29). The van der Waals surface area contributed by atoms with E-state index in [1.807, 2.05) is 0 Å². The molecule has 1 N–H and O–H groups in total. The second-order valence-electron chi connectivity index (χ2n) is 6.91. The molecule has 4 rings (SSSR count). The first-order valence-corrected chi connectivity index (χ1v) is 10.9. The quantitative estimate of drug-likeness (QED) is 0.324. The van der Waals surface area contributed by atoms with Crippen LogP contribution in [0.5, 0.6) is 11.5 Å². The van der Waals surface area contributed by atoms with Crippen LogP contribution >= 0.6 is 11.8 Å². The van der Waals surface area contributed by atoms with Crippen molar-refractivity contribution in [2.75, 3.05) is 25.3 Å². The van der Waals surface area contributed by atoms with Crippen molar-refractivity contribution in [3.63, 3.8) is 0 Å². The number of carbonyl (C=O) groups is 1. The lowest BCUT2D eigenvalue weighted by Gasteiger charge is -2.14. The number of thioether (sulfide) groups is 1. The van der Waals surface area contributed by atoms with Crippen molar-refractivity contribution in [2.24, 2.45) is 0 Å². The number of ether oxygens (including phenoxy) is 2. The molecule has 4 aromatic rings. The van der Waals surface area contributed by atoms with Gasteiger partial charge in [-0.2, -0.15) is 0 Å². The van der Waals surface area contributed by atoms with Gasteiger partial charge in [0, 0.05) is 6.07 Å². The van der Waals surface area contributed by atoms with E-state index in [1.165, 1.54) is 30.9 Å². The van der Waals surface area contributed by atoms with Crippen LogP contribution in [0.3, 0.4) is 0 Å². The zero-order chi connectivity index (χ0) is 23.4. The van der Waals surface area contributed by atoms with Gasteiger partial charge in [0.25, 0.3) is 5.56 Å². The third-order valence-electron chi connectivity index (χ3n) is 4.85. The number of anilines is 1. The molecule has 33 heavy (non-hydrogen) atoms. The number of hydrogen-bond donors (Lipinski definition) is 1. The van der Waals surface area contributed by atoms with Crippen LogP contribution in [0, 0.1) is 5.82 Å². The Morgan fingerprint density at radius 1 is 1.06 bits per heavy atom. The van der Waals surface area contributed by atoms with E-state index in [1.54, 1.807) is 54.6 Å². The fourth-order valence-corrected chi connectivity index (χ4v) is 4.09. The Labute approximate surface area is 193 Å². The molecule has 0 fully saturated rings. The van der Waals surface area contributed by atoms with Crippen molar-refractivity contribution >= 4 is 34.3 Å². The molecular formula is C24H20FN3O4S. The molecule has 0 aliphatic heterocycles. The maximum atomic E-state index is 14.6. The van der Waals surface area contributed by atoms with Crippen LogP contribution in [0.4, 0.5) is 10.1 Å². The molecule has 168 valence electrons. The van der Waals surface area contributed by atoms with E-state index >= 15 is 0 Å². The minimum Gasteiger partial charge on any atom is -0.497 e. The smallest absolute Gasteiger partial charge is 0.266 e. The molecule has 0 bridgehead atoms. The van der Waals surface area contributed by atoms with Gasteiger partial charge in [-0.1, -0.05) is 36.0 Å². The van der Waals surface area contributed by atoms with Crippen molar-refractivity contribution in [1.82, 2.24) is 9.55 Å². The number of aromatic nitrogens is 2. The van der Waals surface area contributed by atoms with Crippen molar-refractivity contribution in [3.8, 4) is 17.2 Å². The predicted octanol–water partition coefficient (Wildman–Crippen LogP) is 4.27. The zero-order valence-electron chi connectivity index (χ0n) is 17.9. The molecular weight excluding hydrogens is 445 g/mol. The van der Waals surface area contributed by atoms with E-state index in [2.05, 4.69) is 10.3 Å². The summed E-state index contributed by atoms with van der Waals surface area (Å²) >= 11 is 1.03. The number of benzene rings is 3. The Morgan fingerprint density at radius 2 is 1.82 bits per heavy atom. The Bertz CT molecular complexity index is 1390. The van der Waals surface area contributed by atoms with Gasteiger partial charge < -0.3 is 14.8 Å². The van der Waals surface area contributed by atoms with Gasteiger partial charge in [0.1, 0.15) is 17.3 Å². The van der Waals surface area contributed by atoms with Gasteiger partial charge in [-0.3, -0.25) is 14.2 Å².